The van der Waals surface area contributed by atoms with Crippen molar-refractivity contribution in [3.63, 3.8) is 0 Å². The molecule has 10 heteroatoms. The van der Waals surface area contributed by atoms with Crippen molar-refractivity contribution in [2.75, 3.05) is 40.9 Å². The van der Waals surface area contributed by atoms with Crippen LogP contribution in [0.25, 0.3) is 0 Å². The average molecular weight is 1100 g/mol. The van der Waals surface area contributed by atoms with E-state index in [1.54, 1.807) is 0 Å². The first kappa shape index (κ1) is 74.2. The van der Waals surface area contributed by atoms with Crippen LogP contribution in [0.1, 0.15) is 278 Å². The minimum Gasteiger partial charge on any atom is -0.456 e. The molecule has 0 aromatic carbocycles. The zero-order chi connectivity index (χ0) is 56.4. The summed E-state index contributed by atoms with van der Waals surface area (Å²) in [5.41, 5.74) is 0. The Kier molecular flexibility index (Phi) is 54.4. The first-order valence-corrected chi connectivity index (χ1v) is 33.4. The Morgan fingerprint density at radius 1 is 0.468 bits per heavy atom. The molecule has 0 spiro atoms. The van der Waals surface area contributed by atoms with Gasteiger partial charge in [0.05, 0.1) is 33.8 Å². The summed E-state index contributed by atoms with van der Waals surface area (Å²) >= 11 is 0. The molecule has 0 aromatic rings. The van der Waals surface area contributed by atoms with E-state index >= 15 is 0 Å². The smallest absolute Gasteiger partial charge is 0.456 e. The van der Waals surface area contributed by atoms with E-state index in [-0.39, 0.29) is 31.5 Å². The summed E-state index contributed by atoms with van der Waals surface area (Å²) in [5, 5.41) is 3.04. The van der Waals surface area contributed by atoms with Gasteiger partial charge >= 0.3 is 13.8 Å². The van der Waals surface area contributed by atoms with Crippen LogP contribution in [-0.2, 0) is 27.9 Å². The zero-order valence-electron chi connectivity index (χ0n) is 50.9. The first-order chi connectivity index (χ1) is 37.4. The van der Waals surface area contributed by atoms with Crippen molar-refractivity contribution < 1.29 is 37.3 Å². The van der Waals surface area contributed by atoms with E-state index in [1.165, 1.54) is 148 Å². The number of hydrogen-bond donors (Lipinski definition) is 2. The summed E-state index contributed by atoms with van der Waals surface area (Å²) in [4.78, 5) is 37.8. The van der Waals surface area contributed by atoms with Gasteiger partial charge < -0.3 is 19.4 Å². The fourth-order valence-electron chi connectivity index (χ4n) is 8.90. The van der Waals surface area contributed by atoms with Gasteiger partial charge in [-0.15, -0.1) is 0 Å². The molecule has 9 nitrogen and oxygen atoms in total. The van der Waals surface area contributed by atoms with E-state index in [9.17, 15) is 19.0 Å². The van der Waals surface area contributed by atoms with E-state index in [0.29, 0.717) is 23.9 Å². The van der Waals surface area contributed by atoms with Crippen LogP contribution in [0.2, 0.25) is 0 Å². The lowest BCUT2D eigenvalue weighted by molar-refractivity contribution is -0.870. The van der Waals surface area contributed by atoms with Crippen LogP contribution in [0.3, 0.4) is 0 Å². The summed E-state index contributed by atoms with van der Waals surface area (Å²) in [6, 6.07) is -0.870. The first-order valence-electron chi connectivity index (χ1n) is 31.9. The normalized spacial score (nSPS) is 14.2. The lowest BCUT2D eigenvalue weighted by Crippen LogP contribution is -2.47. The Bertz CT molecular complexity index is 1590. The molecule has 3 unspecified atom stereocenters. The van der Waals surface area contributed by atoms with Crippen LogP contribution in [0.4, 0.5) is 0 Å². The molecule has 0 rings (SSSR count). The topological polar surface area (TPSA) is 111 Å². The zero-order valence-corrected chi connectivity index (χ0v) is 51.8. The summed E-state index contributed by atoms with van der Waals surface area (Å²) in [5.74, 6) is -0.543. The van der Waals surface area contributed by atoms with Crippen LogP contribution in [-0.4, -0.2) is 74.3 Å². The van der Waals surface area contributed by atoms with Gasteiger partial charge in [0.15, 0.2) is 0 Å². The van der Waals surface area contributed by atoms with Gasteiger partial charge in [-0.3, -0.25) is 18.6 Å². The molecule has 0 aromatic heterocycles. The van der Waals surface area contributed by atoms with Crippen LogP contribution >= 0.6 is 7.82 Å². The Balaban J connectivity index is 5.33. The Morgan fingerprint density at radius 3 is 1.27 bits per heavy atom. The second-order valence-corrected chi connectivity index (χ2v) is 24.0. The monoisotopic (exact) mass is 1100 g/mol. The molecule has 3 atom stereocenters. The maximum Gasteiger partial charge on any atom is 0.472 e. The highest BCUT2D eigenvalue weighted by Gasteiger charge is 2.30. The van der Waals surface area contributed by atoms with E-state index in [1.807, 2.05) is 33.3 Å². The lowest BCUT2D eigenvalue weighted by atomic mass is 10.0. The number of esters is 1. The van der Waals surface area contributed by atoms with E-state index in [4.69, 9.17) is 13.8 Å². The highest BCUT2D eigenvalue weighted by atomic mass is 31.2. The van der Waals surface area contributed by atoms with Crippen LogP contribution in [0, 0.1) is 0 Å². The maximum absolute atomic E-state index is 13.6. The molecular formula is C67H122N2O7P+. The Morgan fingerprint density at radius 2 is 0.831 bits per heavy atom. The number of allylic oxidation sites excluding steroid dienone is 13. The SMILES string of the molecule is CC/C=C\C/C=C\C/C=C\C/C=C\C/C=C\CCCCCC(=O)NC(COP(=O)(O)OCC[N+](C)(C)C)C(/C=C/CCCCCCCCCCCCC)OC(=O)CCCCCCCCCCC/C=C/CCCCCCCC. The third-order valence-corrected chi connectivity index (χ3v) is 14.8. The number of likely N-dealkylation sites (N-methyl/N-ethyl adjacent to an activating group) is 1. The molecule has 2 N–H and O–H groups in total. The van der Waals surface area contributed by atoms with Crippen LogP contribution < -0.4 is 5.32 Å². The van der Waals surface area contributed by atoms with Crippen LogP contribution in [0.5, 0.6) is 0 Å². The number of phosphoric ester groups is 1. The molecule has 0 saturated heterocycles. The van der Waals surface area contributed by atoms with Gasteiger partial charge in [0.25, 0.3) is 0 Å². The molecule has 446 valence electrons. The predicted molar refractivity (Wildman–Crippen MR) is 332 cm³/mol. The standard InChI is InChI=1S/C67H121N2O7P/c1-7-10-13-16-19-22-25-28-30-32-34-36-38-41-44-47-50-53-56-59-66(70)68-64(63-75-77(72,73)74-62-61-69(4,5)6)65(58-55-52-49-46-43-40-27-24-21-18-15-12-9-3)76-67(71)60-57-54-51-48-45-42-39-37-35-33-31-29-26-23-20-17-14-11-8-2/h10,13,19,22,28-31,34,36,41,44,55,58,64-65H,7-9,11-12,14-18,20-21,23-27,32-33,35,37-40,42-43,45-54,56-57,59-63H2,1-6H3,(H-,68,70,72,73)/p+1/b13-10-,22-19-,30-28-,31-29+,36-34-,44-41-,58-55+. The molecule has 0 saturated carbocycles. The number of carbonyl (C=O) groups is 2. The third kappa shape index (κ3) is 57.7. The van der Waals surface area contributed by atoms with Crippen molar-refractivity contribution in [1.82, 2.24) is 5.32 Å². The number of hydrogen-bond acceptors (Lipinski definition) is 6. The van der Waals surface area contributed by atoms with Crippen molar-refractivity contribution >= 4 is 19.7 Å². The van der Waals surface area contributed by atoms with Gasteiger partial charge in [0.2, 0.25) is 5.91 Å². The van der Waals surface area contributed by atoms with Crippen molar-refractivity contribution in [2.45, 2.75) is 290 Å². The molecule has 0 fully saturated rings. The largest absolute Gasteiger partial charge is 0.472 e. The van der Waals surface area contributed by atoms with Crippen molar-refractivity contribution in [3.05, 3.63) is 85.1 Å². The van der Waals surface area contributed by atoms with Gasteiger partial charge in [0.1, 0.15) is 19.3 Å². The molecular weight excluding hydrogens is 976 g/mol. The van der Waals surface area contributed by atoms with E-state index in [0.717, 1.165) is 89.9 Å². The summed E-state index contributed by atoms with van der Waals surface area (Å²) in [7, 11) is 1.47. The highest BCUT2D eigenvalue weighted by Crippen LogP contribution is 2.43. The molecule has 0 heterocycles. The lowest BCUT2D eigenvalue weighted by Gasteiger charge is -2.27. The third-order valence-electron chi connectivity index (χ3n) is 13.8. The number of nitrogens with one attached hydrogen (secondary N) is 1. The molecule has 0 radical (unpaired) electrons. The van der Waals surface area contributed by atoms with Crippen LogP contribution in [0.15, 0.2) is 85.1 Å². The number of ether oxygens (including phenoxy) is 1. The summed E-state index contributed by atoms with van der Waals surface area (Å²) in [6.07, 6.45) is 74.4. The fourth-order valence-corrected chi connectivity index (χ4v) is 9.64. The minimum atomic E-state index is -4.46. The minimum absolute atomic E-state index is 0.0302. The summed E-state index contributed by atoms with van der Waals surface area (Å²) < 4.78 is 30.7. The second-order valence-electron chi connectivity index (χ2n) is 22.5. The number of phosphoric acid groups is 1. The van der Waals surface area contributed by atoms with Gasteiger partial charge in [-0.1, -0.05) is 247 Å². The van der Waals surface area contributed by atoms with Gasteiger partial charge in [0, 0.05) is 12.8 Å². The second kappa shape index (κ2) is 56.5. The molecule has 77 heavy (non-hydrogen) atoms. The van der Waals surface area contributed by atoms with E-state index in [2.05, 4.69) is 99.0 Å². The molecule has 0 aliphatic rings. The number of carbonyl (C=O) groups excluding carboxylic acids is 2. The molecule has 0 aliphatic heterocycles. The quantitative estimate of drug-likeness (QED) is 0.0205. The van der Waals surface area contributed by atoms with Crippen molar-refractivity contribution in [3.8, 4) is 0 Å². The number of unbranched alkanes of at least 4 members (excludes halogenated alkanes) is 29. The Labute approximate surface area is 476 Å². The van der Waals surface area contributed by atoms with Crippen molar-refractivity contribution in [1.29, 1.82) is 0 Å². The molecule has 1 amide bonds. The molecule has 0 bridgehead atoms. The fraction of sp³-hybridized carbons (Fsp3) is 0.761. The number of nitrogens with zero attached hydrogens (tertiary/aromatic N) is 1. The predicted octanol–water partition coefficient (Wildman–Crippen LogP) is 19.8. The van der Waals surface area contributed by atoms with E-state index < -0.39 is 20.0 Å². The van der Waals surface area contributed by atoms with Gasteiger partial charge in [-0.2, -0.15) is 0 Å². The number of rotatable bonds is 57. The van der Waals surface area contributed by atoms with Gasteiger partial charge in [-0.05, 0) is 102 Å². The van der Waals surface area contributed by atoms with Gasteiger partial charge in [-0.25, -0.2) is 4.57 Å². The maximum atomic E-state index is 13.6. The summed E-state index contributed by atoms with van der Waals surface area (Å²) in [6.45, 7) is 6.88. The molecule has 0 aliphatic carbocycles. The Hall–Kier alpha value is -2.81. The highest BCUT2D eigenvalue weighted by molar-refractivity contribution is 7.47. The number of quaternary nitrogens is 1. The number of amides is 1. The van der Waals surface area contributed by atoms with Crippen molar-refractivity contribution in [2.24, 2.45) is 0 Å². The average Bonchev–Trinajstić information content (AvgIpc) is 3.39.